The Hall–Kier alpha value is -3.52. The second-order valence-electron chi connectivity index (χ2n) is 5.91. The lowest BCUT2D eigenvalue weighted by atomic mass is 10.2. The van der Waals surface area contributed by atoms with Gasteiger partial charge in [0.25, 0.3) is 15.7 Å². The van der Waals surface area contributed by atoms with Gasteiger partial charge in [-0.1, -0.05) is 54.6 Å². The van der Waals surface area contributed by atoms with Crippen molar-refractivity contribution in [3.8, 4) is 0 Å². The number of benzene rings is 3. The van der Waals surface area contributed by atoms with E-state index in [2.05, 4.69) is 4.40 Å². The lowest BCUT2D eigenvalue weighted by Crippen LogP contribution is -2.28. The average molecular weight is 395 g/mol. The summed E-state index contributed by atoms with van der Waals surface area (Å²) in [6, 6.07) is 22.6. The quantitative estimate of drug-likeness (QED) is 0.283. The topological polar surface area (TPSA) is 92.9 Å². The molecule has 0 saturated carbocycles. The van der Waals surface area contributed by atoms with Crippen molar-refractivity contribution >= 4 is 27.2 Å². The van der Waals surface area contributed by atoms with E-state index in [-0.39, 0.29) is 16.4 Å². The molecule has 142 valence electrons. The summed E-state index contributed by atoms with van der Waals surface area (Å²) in [5.74, 6) is 0.157. The average Bonchev–Trinajstić information content (AvgIpc) is 2.73. The highest BCUT2D eigenvalue weighted by Gasteiger charge is 2.20. The normalized spacial score (nSPS) is 11.8. The summed E-state index contributed by atoms with van der Waals surface area (Å²) in [6.45, 7) is 0. The molecular formula is C20H17N3O4S. The first-order valence-electron chi connectivity index (χ1n) is 8.32. The number of anilines is 1. The Morgan fingerprint density at radius 3 is 2.14 bits per heavy atom. The van der Waals surface area contributed by atoms with Crippen molar-refractivity contribution in [2.75, 3.05) is 11.9 Å². The lowest BCUT2D eigenvalue weighted by Gasteiger charge is -2.21. The standard InChI is InChI=1S/C20H17N3O4S/c1-22(17-11-8-12-18(15-17)23(24)25)20(16-9-4-2-5-10-16)21-28(26,27)19-13-6-3-7-14-19/h2-15H,1H3. The van der Waals surface area contributed by atoms with Gasteiger partial charge in [-0.25, -0.2) is 0 Å². The maximum atomic E-state index is 12.8. The zero-order chi connectivity index (χ0) is 20.1. The molecule has 7 nitrogen and oxygen atoms in total. The molecule has 0 saturated heterocycles. The minimum atomic E-state index is -3.97. The maximum Gasteiger partial charge on any atom is 0.284 e. The minimum Gasteiger partial charge on any atom is -0.328 e. The molecule has 0 aliphatic rings. The Kier molecular flexibility index (Phi) is 5.51. The van der Waals surface area contributed by atoms with Crippen molar-refractivity contribution < 1.29 is 13.3 Å². The summed E-state index contributed by atoms with van der Waals surface area (Å²) in [5, 5.41) is 11.1. The fraction of sp³-hybridized carbons (Fsp3) is 0.0500. The molecule has 0 amide bonds. The SMILES string of the molecule is CN(C(=NS(=O)(=O)c1ccccc1)c1ccccc1)c1cccc([N+](=O)[O-])c1. The summed E-state index contributed by atoms with van der Waals surface area (Å²) in [7, 11) is -2.36. The molecule has 0 unspecified atom stereocenters. The van der Waals surface area contributed by atoms with Crippen LogP contribution >= 0.6 is 0 Å². The van der Waals surface area contributed by atoms with Gasteiger partial charge in [0.05, 0.1) is 9.82 Å². The zero-order valence-electron chi connectivity index (χ0n) is 15.0. The predicted molar refractivity (Wildman–Crippen MR) is 108 cm³/mol. The van der Waals surface area contributed by atoms with Gasteiger partial charge in [0.15, 0.2) is 5.84 Å². The third-order valence-corrected chi connectivity index (χ3v) is 5.31. The molecule has 0 bridgehead atoms. The fourth-order valence-electron chi connectivity index (χ4n) is 2.59. The first kappa shape index (κ1) is 19.2. The molecule has 0 spiro atoms. The smallest absolute Gasteiger partial charge is 0.284 e. The van der Waals surface area contributed by atoms with Gasteiger partial charge in [0, 0.05) is 30.4 Å². The summed E-state index contributed by atoms with van der Waals surface area (Å²) in [5.41, 5.74) is 0.916. The van der Waals surface area contributed by atoms with Crippen molar-refractivity contribution in [1.29, 1.82) is 0 Å². The number of rotatable bonds is 5. The van der Waals surface area contributed by atoms with E-state index in [1.54, 1.807) is 61.6 Å². The van der Waals surface area contributed by atoms with Crippen LogP contribution in [-0.4, -0.2) is 26.2 Å². The number of amidine groups is 1. The van der Waals surface area contributed by atoms with E-state index in [4.69, 9.17) is 0 Å². The summed E-state index contributed by atoms with van der Waals surface area (Å²) in [4.78, 5) is 12.2. The highest BCUT2D eigenvalue weighted by Crippen LogP contribution is 2.23. The van der Waals surface area contributed by atoms with Gasteiger partial charge < -0.3 is 4.90 Å². The molecule has 0 aliphatic carbocycles. The van der Waals surface area contributed by atoms with E-state index in [1.807, 2.05) is 0 Å². The lowest BCUT2D eigenvalue weighted by molar-refractivity contribution is -0.384. The fourth-order valence-corrected chi connectivity index (χ4v) is 3.65. The summed E-state index contributed by atoms with van der Waals surface area (Å²) < 4.78 is 29.7. The maximum absolute atomic E-state index is 12.8. The van der Waals surface area contributed by atoms with Gasteiger partial charge in [-0.3, -0.25) is 10.1 Å². The van der Waals surface area contributed by atoms with Crippen LogP contribution in [0.4, 0.5) is 11.4 Å². The van der Waals surface area contributed by atoms with Crippen LogP contribution in [0.3, 0.4) is 0 Å². The molecule has 0 atom stereocenters. The summed E-state index contributed by atoms with van der Waals surface area (Å²) in [6.07, 6.45) is 0. The number of nitro groups is 1. The molecule has 0 heterocycles. The van der Waals surface area contributed by atoms with Crippen LogP contribution in [0.1, 0.15) is 5.56 Å². The number of hydrogen-bond donors (Lipinski definition) is 0. The van der Waals surface area contributed by atoms with Gasteiger partial charge in [-0.2, -0.15) is 8.42 Å². The Bertz CT molecular complexity index is 1110. The van der Waals surface area contributed by atoms with E-state index in [0.717, 1.165) is 0 Å². The van der Waals surface area contributed by atoms with Crippen molar-refractivity contribution in [2.24, 2.45) is 4.40 Å². The number of nitro benzene ring substituents is 1. The van der Waals surface area contributed by atoms with E-state index < -0.39 is 14.9 Å². The molecular weight excluding hydrogens is 378 g/mol. The van der Waals surface area contributed by atoms with E-state index in [1.165, 1.54) is 35.2 Å². The molecule has 0 fully saturated rings. The number of non-ortho nitro benzene ring substituents is 1. The Morgan fingerprint density at radius 1 is 0.929 bits per heavy atom. The van der Waals surface area contributed by atoms with Crippen LogP contribution in [0.2, 0.25) is 0 Å². The third-order valence-electron chi connectivity index (χ3n) is 4.03. The van der Waals surface area contributed by atoms with Crippen molar-refractivity contribution in [2.45, 2.75) is 4.90 Å². The van der Waals surface area contributed by atoms with Crippen LogP contribution in [-0.2, 0) is 10.0 Å². The number of sulfonamides is 1. The Morgan fingerprint density at radius 2 is 1.54 bits per heavy atom. The zero-order valence-corrected chi connectivity index (χ0v) is 15.8. The van der Waals surface area contributed by atoms with Crippen molar-refractivity contribution in [1.82, 2.24) is 0 Å². The highest BCUT2D eigenvalue weighted by atomic mass is 32.2. The first-order chi connectivity index (χ1) is 13.4. The van der Waals surface area contributed by atoms with Crippen LogP contribution in [0.25, 0.3) is 0 Å². The van der Waals surface area contributed by atoms with E-state index in [9.17, 15) is 18.5 Å². The van der Waals surface area contributed by atoms with Crippen molar-refractivity contribution in [3.63, 3.8) is 0 Å². The second-order valence-corrected chi connectivity index (χ2v) is 7.51. The van der Waals surface area contributed by atoms with Gasteiger partial charge in [0.1, 0.15) is 0 Å². The van der Waals surface area contributed by atoms with Gasteiger partial charge in [-0.15, -0.1) is 4.40 Å². The molecule has 3 aromatic rings. The number of nitrogens with zero attached hydrogens (tertiary/aromatic N) is 3. The third kappa shape index (κ3) is 4.24. The minimum absolute atomic E-state index is 0.0656. The van der Waals surface area contributed by atoms with Crippen LogP contribution in [0, 0.1) is 10.1 Å². The van der Waals surface area contributed by atoms with Crippen molar-refractivity contribution in [3.05, 3.63) is 101 Å². The predicted octanol–water partition coefficient (Wildman–Crippen LogP) is 3.87. The molecule has 0 radical (unpaired) electrons. The molecule has 3 rings (SSSR count). The van der Waals surface area contributed by atoms with Gasteiger partial charge in [0.2, 0.25) is 0 Å². The molecule has 8 heteroatoms. The first-order valence-corrected chi connectivity index (χ1v) is 9.76. The molecule has 0 aliphatic heterocycles. The van der Waals surface area contributed by atoms with Crippen LogP contribution in [0.15, 0.2) is 94.2 Å². The molecule has 28 heavy (non-hydrogen) atoms. The molecule has 3 aromatic carbocycles. The second kappa shape index (κ2) is 8.01. The van der Waals surface area contributed by atoms with Crippen LogP contribution in [0.5, 0.6) is 0 Å². The van der Waals surface area contributed by atoms with E-state index >= 15 is 0 Å². The molecule has 0 N–H and O–H groups in total. The van der Waals surface area contributed by atoms with E-state index in [0.29, 0.717) is 11.3 Å². The number of hydrogen-bond acceptors (Lipinski definition) is 4. The highest BCUT2D eigenvalue weighted by molar-refractivity contribution is 7.90. The summed E-state index contributed by atoms with van der Waals surface area (Å²) >= 11 is 0. The largest absolute Gasteiger partial charge is 0.328 e. The van der Waals surface area contributed by atoms with Crippen LogP contribution < -0.4 is 4.90 Å². The molecule has 0 aromatic heterocycles. The van der Waals surface area contributed by atoms with Gasteiger partial charge in [-0.05, 0) is 18.2 Å². The monoisotopic (exact) mass is 395 g/mol. The Labute approximate surface area is 162 Å². The van der Waals surface area contributed by atoms with Gasteiger partial charge >= 0.3 is 0 Å². The Balaban J connectivity index is 2.13.